The Morgan fingerprint density at radius 3 is 2.46 bits per heavy atom. The fourth-order valence-corrected chi connectivity index (χ4v) is 2.29. The first kappa shape index (κ1) is 17.5. The van der Waals surface area contributed by atoms with E-state index in [4.69, 9.17) is 16.9 Å². The van der Waals surface area contributed by atoms with Gasteiger partial charge < -0.3 is 10.6 Å². The highest BCUT2D eigenvalue weighted by molar-refractivity contribution is 6.30. The molecule has 0 heterocycles. The van der Waals surface area contributed by atoms with E-state index in [1.807, 2.05) is 18.2 Å². The van der Waals surface area contributed by atoms with Crippen LogP contribution >= 0.6 is 11.6 Å². The molecule has 0 radical (unpaired) electrons. The third-order valence-electron chi connectivity index (χ3n) is 3.22. The van der Waals surface area contributed by atoms with Crippen LogP contribution in [0, 0.1) is 11.3 Å². The molecule has 0 aliphatic heterocycles. The van der Waals surface area contributed by atoms with Crippen LogP contribution in [-0.2, 0) is 22.6 Å². The van der Waals surface area contributed by atoms with E-state index in [0.29, 0.717) is 17.3 Å². The van der Waals surface area contributed by atoms with E-state index in [2.05, 4.69) is 10.6 Å². The number of nitriles is 1. The first-order valence-electron chi connectivity index (χ1n) is 7.33. The molecule has 2 rings (SSSR count). The summed E-state index contributed by atoms with van der Waals surface area (Å²) in [4.78, 5) is 23.2. The summed E-state index contributed by atoms with van der Waals surface area (Å²) in [6.07, 6.45) is 0.0875. The van der Waals surface area contributed by atoms with Crippen molar-refractivity contribution < 1.29 is 9.59 Å². The maximum absolute atomic E-state index is 12.0. The van der Waals surface area contributed by atoms with Crippen molar-refractivity contribution in [2.45, 2.75) is 19.4 Å². The van der Waals surface area contributed by atoms with Crippen LogP contribution < -0.4 is 10.6 Å². The zero-order valence-corrected chi connectivity index (χ0v) is 13.6. The predicted octanol–water partition coefficient (Wildman–Crippen LogP) is 3.05. The van der Waals surface area contributed by atoms with Gasteiger partial charge in [-0.15, -0.1) is 0 Å². The molecule has 0 aliphatic rings. The Morgan fingerprint density at radius 2 is 1.79 bits per heavy atom. The van der Waals surface area contributed by atoms with Crippen LogP contribution in [0.4, 0.5) is 5.69 Å². The molecule has 0 saturated carbocycles. The fraction of sp³-hybridized carbons (Fsp3) is 0.167. The van der Waals surface area contributed by atoms with Gasteiger partial charge >= 0.3 is 0 Å². The van der Waals surface area contributed by atoms with Gasteiger partial charge in [-0.3, -0.25) is 9.59 Å². The maximum Gasteiger partial charge on any atom is 0.234 e. The van der Waals surface area contributed by atoms with E-state index in [1.54, 1.807) is 36.4 Å². The van der Waals surface area contributed by atoms with Crippen molar-refractivity contribution in [3.63, 3.8) is 0 Å². The number of carbonyl (C=O) groups is 2. The second kappa shape index (κ2) is 8.70. The van der Waals surface area contributed by atoms with Gasteiger partial charge in [0.25, 0.3) is 0 Å². The quantitative estimate of drug-likeness (QED) is 0.847. The molecule has 24 heavy (non-hydrogen) atoms. The van der Waals surface area contributed by atoms with Crippen LogP contribution in [0.25, 0.3) is 0 Å². The van der Waals surface area contributed by atoms with Gasteiger partial charge in [-0.25, -0.2) is 0 Å². The average molecular weight is 342 g/mol. The monoisotopic (exact) mass is 341 g/mol. The molecule has 2 aromatic rings. The van der Waals surface area contributed by atoms with Crippen molar-refractivity contribution in [3.8, 4) is 6.07 Å². The minimum absolute atomic E-state index is 0.132. The molecule has 122 valence electrons. The Kier molecular flexibility index (Phi) is 6.35. The van der Waals surface area contributed by atoms with Gasteiger partial charge in [-0.1, -0.05) is 35.9 Å². The lowest BCUT2D eigenvalue weighted by Crippen LogP contribution is -2.21. The maximum atomic E-state index is 12.0. The standard InChI is InChI=1S/C18H16ClN3O2/c19-15-3-1-2-14(10-15)11-18(24)22-16-6-4-13(5-7-16)12-21-17(23)8-9-20/h1-7,10H,8,11-12H2,(H,21,23)(H,22,24). The first-order chi connectivity index (χ1) is 11.6. The number of hydrogen-bond donors (Lipinski definition) is 2. The third kappa shape index (κ3) is 5.75. The van der Waals surface area contributed by atoms with Crippen molar-refractivity contribution >= 4 is 29.1 Å². The van der Waals surface area contributed by atoms with Crippen molar-refractivity contribution in [1.29, 1.82) is 5.26 Å². The zero-order valence-electron chi connectivity index (χ0n) is 12.9. The van der Waals surface area contributed by atoms with Gasteiger partial charge in [0.2, 0.25) is 11.8 Å². The lowest BCUT2D eigenvalue weighted by Gasteiger charge is -2.07. The van der Waals surface area contributed by atoms with Gasteiger partial charge in [0.05, 0.1) is 12.5 Å². The summed E-state index contributed by atoms with van der Waals surface area (Å²) in [6, 6.07) is 16.1. The SMILES string of the molecule is N#CCC(=O)NCc1ccc(NC(=O)Cc2cccc(Cl)c2)cc1. The summed E-state index contributed by atoms with van der Waals surface area (Å²) in [5.41, 5.74) is 2.40. The Hall–Kier alpha value is -2.84. The van der Waals surface area contributed by atoms with Crippen LogP contribution in [0.2, 0.25) is 5.02 Å². The highest BCUT2D eigenvalue weighted by Crippen LogP contribution is 2.13. The Morgan fingerprint density at radius 1 is 1.04 bits per heavy atom. The Labute approximate surface area is 145 Å². The Bertz CT molecular complexity index is 767. The summed E-state index contributed by atoms with van der Waals surface area (Å²) in [5, 5.41) is 14.5. The zero-order chi connectivity index (χ0) is 17.4. The molecule has 2 N–H and O–H groups in total. The summed E-state index contributed by atoms with van der Waals surface area (Å²) in [6.45, 7) is 0.344. The van der Waals surface area contributed by atoms with Crippen LogP contribution in [0.1, 0.15) is 17.5 Å². The molecular weight excluding hydrogens is 326 g/mol. The minimum atomic E-state index is -0.309. The number of amides is 2. The summed E-state index contributed by atoms with van der Waals surface area (Å²) in [7, 11) is 0. The molecule has 0 fully saturated rings. The molecule has 0 bridgehead atoms. The number of nitrogens with zero attached hydrogens (tertiary/aromatic N) is 1. The van der Waals surface area contributed by atoms with Gasteiger partial charge in [0.1, 0.15) is 6.42 Å². The summed E-state index contributed by atoms with van der Waals surface area (Å²) >= 11 is 5.90. The normalized spacial score (nSPS) is 9.83. The lowest BCUT2D eigenvalue weighted by atomic mass is 10.1. The largest absolute Gasteiger partial charge is 0.351 e. The smallest absolute Gasteiger partial charge is 0.234 e. The average Bonchev–Trinajstić information content (AvgIpc) is 2.54. The molecule has 0 atom stereocenters. The molecule has 5 nitrogen and oxygen atoms in total. The molecule has 2 aromatic carbocycles. The lowest BCUT2D eigenvalue weighted by molar-refractivity contribution is -0.120. The van der Waals surface area contributed by atoms with E-state index in [1.165, 1.54) is 0 Å². The topological polar surface area (TPSA) is 82.0 Å². The number of carbonyl (C=O) groups excluding carboxylic acids is 2. The first-order valence-corrected chi connectivity index (χ1v) is 7.71. The van der Waals surface area contributed by atoms with Crippen molar-refractivity contribution in [2.75, 3.05) is 5.32 Å². The van der Waals surface area contributed by atoms with E-state index >= 15 is 0 Å². The second-order valence-corrected chi connectivity index (χ2v) is 5.60. The molecule has 0 spiro atoms. The number of nitrogens with one attached hydrogen (secondary N) is 2. The number of anilines is 1. The van der Waals surface area contributed by atoms with Crippen LogP contribution in [0.5, 0.6) is 0 Å². The van der Waals surface area contributed by atoms with Crippen molar-refractivity contribution in [3.05, 3.63) is 64.7 Å². The predicted molar refractivity (Wildman–Crippen MR) is 92.3 cm³/mol. The van der Waals surface area contributed by atoms with Gasteiger partial charge in [-0.2, -0.15) is 5.26 Å². The summed E-state index contributed by atoms with van der Waals surface area (Å²) in [5.74, 6) is -0.441. The van der Waals surface area contributed by atoms with E-state index < -0.39 is 0 Å². The molecule has 2 amide bonds. The van der Waals surface area contributed by atoms with Crippen molar-refractivity contribution in [1.82, 2.24) is 5.32 Å². The molecule has 0 aromatic heterocycles. The minimum Gasteiger partial charge on any atom is -0.351 e. The van der Waals surface area contributed by atoms with Crippen molar-refractivity contribution in [2.24, 2.45) is 0 Å². The number of hydrogen-bond acceptors (Lipinski definition) is 3. The number of rotatable bonds is 6. The van der Waals surface area contributed by atoms with E-state index in [0.717, 1.165) is 11.1 Å². The highest BCUT2D eigenvalue weighted by Gasteiger charge is 2.05. The van der Waals surface area contributed by atoms with Crippen LogP contribution in [-0.4, -0.2) is 11.8 Å². The summed E-state index contributed by atoms with van der Waals surface area (Å²) < 4.78 is 0. The molecule has 0 unspecified atom stereocenters. The van der Waals surface area contributed by atoms with Crippen LogP contribution in [0.15, 0.2) is 48.5 Å². The molecule has 0 saturated heterocycles. The fourth-order valence-electron chi connectivity index (χ4n) is 2.08. The van der Waals surface area contributed by atoms with E-state index in [9.17, 15) is 9.59 Å². The van der Waals surface area contributed by atoms with Gasteiger partial charge in [0, 0.05) is 17.3 Å². The van der Waals surface area contributed by atoms with Crippen LogP contribution in [0.3, 0.4) is 0 Å². The third-order valence-corrected chi connectivity index (χ3v) is 3.46. The van der Waals surface area contributed by atoms with Gasteiger partial charge in [0.15, 0.2) is 0 Å². The number of benzene rings is 2. The van der Waals surface area contributed by atoms with Gasteiger partial charge in [-0.05, 0) is 35.4 Å². The highest BCUT2D eigenvalue weighted by atomic mass is 35.5. The second-order valence-electron chi connectivity index (χ2n) is 5.16. The number of halogens is 1. The molecule has 6 heteroatoms. The Balaban J connectivity index is 1.86. The van der Waals surface area contributed by atoms with E-state index in [-0.39, 0.29) is 24.7 Å². The molecule has 0 aliphatic carbocycles. The molecular formula is C18H16ClN3O2.